The Bertz CT molecular complexity index is 495. The Balaban J connectivity index is 1.80. The SMILES string of the molecule is Cc1cc(CN(C)C(=O)NCC(C)(C)N2CCOCC2)no1. The monoisotopic (exact) mass is 310 g/mol. The van der Waals surface area contributed by atoms with Crippen LogP contribution in [0.2, 0.25) is 0 Å². The number of rotatable bonds is 5. The number of nitrogens with one attached hydrogen (secondary N) is 1. The Morgan fingerprint density at radius 2 is 2.14 bits per heavy atom. The van der Waals surface area contributed by atoms with E-state index in [0.29, 0.717) is 13.1 Å². The molecule has 2 heterocycles. The smallest absolute Gasteiger partial charge is 0.317 e. The Morgan fingerprint density at radius 3 is 2.73 bits per heavy atom. The van der Waals surface area contributed by atoms with E-state index in [-0.39, 0.29) is 11.6 Å². The van der Waals surface area contributed by atoms with Gasteiger partial charge in [0.15, 0.2) is 0 Å². The molecule has 1 aromatic heterocycles. The topological polar surface area (TPSA) is 70.8 Å². The first-order chi connectivity index (χ1) is 10.4. The molecule has 1 fully saturated rings. The van der Waals surface area contributed by atoms with Crippen molar-refractivity contribution in [3.8, 4) is 0 Å². The van der Waals surface area contributed by atoms with E-state index in [1.807, 2.05) is 13.0 Å². The van der Waals surface area contributed by atoms with Crippen LogP contribution in [0.15, 0.2) is 10.6 Å². The van der Waals surface area contributed by atoms with Gasteiger partial charge < -0.3 is 19.5 Å². The van der Waals surface area contributed by atoms with Gasteiger partial charge in [0.2, 0.25) is 0 Å². The number of amides is 2. The molecular weight excluding hydrogens is 284 g/mol. The molecule has 1 saturated heterocycles. The third-order valence-corrected chi connectivity index (χ3v) is 3.96. The fraction of sp³-hybridized carbons (Fsp3) is 0.733. The first-order valence-corrected chi connectivity index (χ1v) is 7.62. The van der Waals surface area contributed by atoms with Crippen molar-refractivity contribution in [2.24, 2.45) is 0 Å². The van der Waals surface area contributed by atoms with E-state index in [9.17, 15) is 4.79 Å². The lowest BCUT2D eigenvalue weighted by molar-refractivity contribution is -0.00901. The van der Waals surface area contributed by atoms with Crippen molar-refractivity contribution in [2.45, 2.75) is 32.9 Å². The molecule has 0 aliphatic carbocycles. The van der Waals surface area contributed by atoms with Gasteiger partial charge in [-0.2, -0.15) is 0 Å². The van der Waals surface area contributed by atoms with Crippen LogP contribution in [0, 0.1) is 6.92 Å². The van der Waals surface area contributed by atoms with E-state index in [1.54, 1.807) is 11.9 Å². The van der Waals surface area contributed by atoms with Crippen LogP contribution < -0.4 is 5.32 Å². The van der Waals surface area contributed by atoms with Crippen LogP contribution in [0.5, 0.6) is 0 Å². The third kappa shape index (κ3) is 4.45. The number of aromatic nitrogens is 1. The van der Waals surface area contributed by atoms with Gasteiger partial charge in [-0.15, -0.1) is 0 Å². The van der Waals surface area contributed by atoms with Gasteiger partial charge in [0.25, 0.3) is 0 Å². The largest absolute Gasteiger partial charge is 0.379 e. The van der Waals surface area contributed by atoms with E-state index in [0.717, 1.165) is 37.8 Å². The van der Waals surface area contributed by atoms with Gasteiger partial charge in [-0.25, -0.2) is 4.79 Å². The number of carbonyl (C=O) groups is 1. The molecule has 22 heavy (non-hydrogen) atoms. The zero-order chi connectivity index (χ0) is 16.2. The van der Waals surface area contributed by atoms with Crippen LogP contribution in [0.1, 0.15) is 25.3 Å². The standard InChI is InChI=1S/C15H26N4O3/c1-12-9-13(17-22-12)10-18(4)14(20)16-11-15(2,3)19-5-7-21-8-6-19/h9H,5-8,10-11H2,1-4H3,(H,16,20). The molecular formula is C15H26N4O3. The van der Waals surface area contributed by atoms with Crippen LogP contribution in [0.25, 0.3) is 0 Å². The second kappa shape index (κ2) is 7.11. The van der Waals surface area contributed by atoms with Gasteiger partial charge in [0.05, 0.1) is 19.8 Å². The fourth-order valence-electron chi connectivity index (χ4n) is 2.51. The zero-order valence-electron chi connectivity index (χ0n) is 13.9. The van der Waals surface area contributed by atoms with Crippen molar-refractivity contribution in [2.75, 3.05) is 39.9 Å². The molecule has 7 nitrogen and oxygen atoms in total. The summed E-state index contributed by atoms with van der Waals surface area (Å²) in [5.74, 6) is 0.747. The van der Waals surface area contributed by atoms with Crippen molar-refractivity contribution in [1.82, 2.24) is 20.3 Å². The molecule has 1 N–H and O–H groups in total. The molecule has 0 atom stereocenters. The number of urea groups is 1. The molecule has 0 spiro atoms. The van der Waals surface area contributed by atoms with E-state index in [2.05, 4.69) is 29.2 Å². The number of aryl methyl sites for hydroxylation is 1. The summed E-state index contributed by atoms with van der Waals surface area (Å²) in [5, 5.41) is 6.89. The summed E-state index contributed by atoms with van der Waals surface area (Å²) in [6.07, 6.45) is 0. The summed E-state index contributed by atoms with van der Waals surface area (Å²) in [6, 6.07) is 1.73. The number of carbonyl (C=O) groups excluding carboxylic acids is 1. The number of hydrogen-bond acceptors (Lipinski definition) is 5. The first-order valence-electron chi connectivity index (χ1n) is 7.62. The summed E-state index contributed by atoms with van der Waals surface area (Å²) in [7, 11) is 1.75. The lowest BCUT2D eigenvalue weighted by atomic mass is 10.0. The minimum Gasteiger partial charge on any atom is -0.379 e. The van der Waals surface area contributed by atoms with Crippen molar-refractivity contribution in [3.05, 3.63) is 17.5 Å². The average Bonchev–Trinajstić information content (AvgIpc) is 2.91. The number of nitrogens with zero attached hydrogens (tertiary/aromatic N) is 3. The summed E-state index contributed by atoms with van der Waals surface area (Å²) < 4.78 is 10.4. The van der Waals surface area contributed by atoms with Crippen molar-refractivity contribution >= 4 is 6.03 Å². The van der Waals surface area contributed by atoms with Gasteiger partial charge in [-0.05, 0) is 20.8 Å². The molecule has 0 unspecified atom stereocenters. The van der Waals surface area contributed by atoms with Crippen LogP contribution in [-0.4, -0.2) is 66.4 Å². The third-order valence-electron chi connectivity index (χ3n) is 3.96. The average molecular weight is 310 g/mol. The molecule has 0 bridgehead atoms. The molecule has 2 rings (SSSR count). The molecule has 0 radical (unpaired) electrons. The minimum absolute atomic E-state index is 0.0925. The molecule has 124 valence electrons. The maximum absolute atomic E-state index is 12.2. The molecule has 7 heteroatoms. The number of ether oxygens (including phenoxy) is 1. The normalized spacial score (nSPS) is 16.5. The van der Waals surface area contributed by atoms with Crippen LogP contribution in [-0.2, 0) is 11.3 Å². The molecule has 1 aromatic rings. The Hall–Kier alpha value is -1.60. The van der Waals surface area contributed by atoms with Crippen molar-refractivity contribution < 1.29 is 14.1 Å². The summed E-state index contributed by atoms with van der Waals surface area (Å²) in [6.45, 7) is 10.4. The van der Waals surface area contributed by atoms with Gasteiger partial charge in [0.1, 0.15) is 11.5 Å². The quantitative estimate of drug-likeness (QED) is 0.886. The van der Waals surface area contributed by atoms with Crippen molar-refractivity contribution in [3.63, 3.8) is 0 Å². The summed E-state index contributed by atoms with van der Waals surface area (Å²) in [4.78, 5) is 16.1. The highest BCUT2D eigenvalue weighted by atomic mass is 16.5. The van der Waals surface area contributed by atoms with E-state index in [1.165, 1.54) is 0 Å². The maximum Gasteiger partial charge on any atom is 0.317 e. The van der Waals surface area contributed by atoms with Gasteiger partial charge in [-0.1, -0.05) is 5.16 Å². The lowest BCUT2D eigenvalue weighted by Crippen LogP contribution is -2.56. The zero-order valence-corrected chi connectivity index (χ0v) is 13.9. The minimum atomic E-state index is -0.109. The predicted molar refractivity (Wildman–Crippen MR) is 82.6 cm³/mol. The van der Waals surface area contributed by atoms with E-state index in [4.69, 9.17) is 9.26 Å². The number of hydrogen-bond donors (Lipinski definition) is 1. The first kappa shape index (κ1) is 16.8. The molecule has 1 aliphatic heterocycles. The Labute approximate surface area is 131 Å². The van der Waals surface area contributed by atoms with Crippen molar-refractivity contribution in [1.29, 1.82) is 0 Å². The Morgan fingerprint density at radius 1 is 1.45 bits per heavy atom. The summed E-state index contributed by atoms with van der Waals surface area (Å²) >= 11 is 0. The molecule has 0 aromatic carbocycles. The maximum atomic E-state index is 12.2. The highest BCUT2D eigenvalue weighted by molar-refractivity contribution is 5.73. The van der Waals surface area contributed by atoms with Gasteiger partial charge >= 0.3 is 6.03 Å². The second-order valence-electron chi connectivity index (χ2n) is 6.36. The molecule has 2 amide bonds. The van der Waals surface area contributed by atoms with Gasteiger partial charge in [0, 0.05) is 38.3 Å². The van der Waals surface area contributed by atoms with E-state index >= 15 is 0 Å². The lowest BCUT2D eigenvalue weighted by Gasteiger charge is -2.41. The van der Waals surface area contributed by atoms with Gasteiger partial charge in [-0.3, -0.25) is 4.90 Å². The Kier molecular flexibility index (Phi) is 5.42. The number of morpholine rings is 1. The summed E-state index contributed by atoms with van der Waals surface area (Å²) in [5.41, 5.74) is 0.660. The highest BCUT2D eigenvalue weighted by Crippen LogP contribution is 2.15. The highest BCUT2D eigenvalue weighted by Gasteiger charge is 2.29. The molecule has 1 aliphatic rings. The van der Waals surface area contributed by atoms with Crippen LogP contribution in [0.4, 0.5) is 4.79 Å². The second-order valence-corrected chi connectivity index (χ2v) is 6.36. The fourth-order valence-corrected chi connectivity index (χ4v) is 2.51. The predicted octanol–water partition coefficient (Wildman–Crippen LogP) is 1.24. The van der Waals surface area contributed by atoms with Crippen LogP contribution in [0.3, 0.4) is 0 Å². The van der Waals surface area contributed by atoms with E-state index < -0.39 is 0 Å². The molecule has 0 saturated carbocycles. The van der Waals surface area contributed by atoms with Crippen LogP contribution >= 0.6 is 0 Å².